The van der Waals surface area contributed by atoms with E-state index in [0.717, 1.165) is 0 Å². The minimum atomic E-state index is -3.69. The second kappa shape index (κ2) is 8.24. The lowest BCUT2D eigenvalue weighted by atomic mass is 10.3. The van der Waals surface area contributed by atoms with Gasteiger partial charge in [-0.2, -0.15) is 9.57 Å². The Bertz CT molecular complexity index is 1000. The van der Waals surface area contributed by atoms with Gasteiger partial charge in [0.2, 0.25) is 15.9 Å². The molecular formula is C18H18N4O5S. The normalized spacial score (nSPS) is 16.9. The van der Waals surface area contributed by atoms with E-state index in [4.69, 9.17) is 10.00 Å². The maximum atomic E-state index is 12.8. The van der Waals surface area contributed by atoms with Gasteiger partial charge in [-0.05, 0) is 36.8 Å². The summed E-state index contributed by atoms with van der Waals surface area (Å²) in [7, 11) is -2.45. The molecule has 0 saturated carbocycles. The van der Waals surface area contributed by atoms with Crippen LogP contribution >= 0.6 is 0 Å². The van der Waals surface area contributed by atoms with Crippen LogP contribution in [0.3, 0.4) is 0 Å². The van der Waals surface area contributed by atoms with Crippen molar-refractivity contribution in [3.05, 3.63) is 48.2 Å². The van der Waals surface area contributed by atoms with E-state index in [1.807, 2.05) is 6.07 Å². The number of amides is 1. The Morgan fingerprint density at radius 3 is 2.75 bits per heavy atom. The van der Waals surface area contributed by atoms with Crippen molar-refractivity contribution in [3.8, 4) is 11.9 Å². The molecule has 1 aliphatic heterocycles. The molecule has 0 spiro atoms. The smallest absolute Gasteiger partial charge is 0.411 e. The molecule has 28 heavy (non-hydrogen) atoms. The molecule has 1 aromatic heterocycles. The molecule has 1 unspecified atom stereocenters. The number of nitrogens with zero attached hydrogens (tertiary/aromatic N) is 3. The third-order valence-electron chi connectivity index (χ3n) is 4.18. The van der Waals surface area contributed by atoms with E-state index in [9.17, 15) is 13.2 Å². The molecule has 10 heteroatoms. The Morgan fingerprint density at radius 1 is 1.32 bits per heavy atom. The van der Waals surface area contributed by atoms with Crippen molar-refractivity contribution in [3.63, 3.8) is 0 Å². The number of carbonyl (C=O) groups excluding carboxylic acids is 1. The van der Waals surface area contributed by atoms with Crippen molar-refractivity contribution < 1.29 is 22.7 Å². The number of anilines is 1. The summed E-state index contributed by atoms with van der Waals surface area (Å²) < 4.78 is 37.2. The summed E-state index contributed by atoms with van der Waals surface area (Å²) in [4.78, 5) is 15.4. The molecule has 0 radical (unpaired) electrons. The second-order valence-electron chi connectivity index (χ2n) is 6.03. The summed E-state index contributed by atoms with van der Waals surface area (Å²) in [5.74, 6) is 0.293. The van der Waals surface area contributed by atoms with Crippen LogP contribution in [0.4, 0.5) is 10.5 Å². The van der Waals surface area contributed by atoms with E-state index in [1.165, 1.54) is 47.9 Å². The van der Waals surface area contributed by atoms with E-state index < -0.39 is 16.1 Å². The average molecular weight is 402 g/mol. The topological polar surface area (TPSA) is 122 Å². The number of nitrogens with one attached hydrogen (secondary N) is 1. The van der Waals surface area contributed by atoms with E-state index in [2.05, 4.69) is 15.0 Å². The fraction of sp³-hybridized carbons (Fsp3) is 0.278. The van der Waals surface area contributed by atoms with Crippen LogP contribution in [0.5, 0.6) is 5.88 Å². The van der Waals surface area contributed by atoms with E-state index in [0.29, 0.717) is 30.1 Å². The zero-order valence-corrected chi connectivity index (χ0v) is 15.8. The lowest BCUT2D eigenvalue weighted by Gasteiger charge is -2.17. The maximum Gasteiger partial charge on any atom is 0.411 e. The third kappa shape index (κ3) is 4.39. The lowest BCUT2D eigenvalue weighted by molar-refractivity contribution is 0.187. The molecule has 1 saturated heterocycles. The molecule has 9 nitrogen and oxygen atoms in total. The van der Waals surface area contributed by atoms with Crippen LogP contribution in [0.15, 0.2) is 47.5 Å². The fourth-order valence-electron chi connectivity index (χ4n) is 2.75. The highest BCUT2D eigenvalue weighted by Crippen LogP contribution is 2.24. The summed E-state index contributed by atoms with van der Waals surface area (Å²) in [6, 6.07) is 10.9. The van der Waals surface area contributed by atoms with Crippen LogP contribution < -0.4 is 10.1 Å². The number of hydrogen-bond acceptors (Lipinski definition) is 7. The van der Waals surface area contributed by atoms with Crippen molar-refractivity contribution in [1.29, 1.82) is 5.26 Å². The highest BCUT2D eigenvalue weighted by atomic mass is 32.2. The largest absolute Gasteiger partial charge is 0.473 e. The minimum Gasteiger partial charge on any atom is -0.473 e. The summed E-state index contributed by atoms with van der Waals surface area (Å²) >= 11 is 0. The van der Waals surface area contributed by atoms with Gasteiger partial charge in [-0.25, -0.2) is 18.2 Å². The molecule has 3 rings (SSSR count). The van der Waals surface area contributed by atoms with Gasteiger partial charge in [0.1, 0.15) is 6.10 Å². The summed E-state index contributed by atoms with van der Waals surface area (Å²) in [5, 5.41) is 11.4. The van der Waals surface area contributed by atoms with Crippen molar-refractivity contribution in [2.24, 2.45) is 0 Å². The number of sulfonamides is 1. The average Bonchev–Trinajstić information content (AvgIpc) is 3.17. The number of methoxy groups -OCH3 is 1. The Labute approximate surface area is 162 Å². The minimum absolute atomic E-state index is 0.119. The number of benzene rings is 1. The van der Waals surface area contributed by atoms with Crippen molar-refractivity contribution in [2.45, 2.75) is 17.4 Å². The predicted octanol–water partition coefficient (Wildman–Crippen LogP) is 1.97. The quantitative estimate of drug-likeness (QED) is 0.811. The van der Waals surface area contributed by atoms with E-state index >= 15 is 0 Å². The predicted molar refractivity (Wildman–Crippen MR) is 99.2 cm³/mol. The van der Waals surface area contributed by atoms with E-state index in [1.54, 1.807) is 6.07 Å². The Balaban J connectivity index is 1.66. The zero-order chi connectivity index (χ0) is 20.1. The summed E-state index contributed by atoms with van der Waals surface area (Å²) in [6.45, 7) is 0.496. The van der Waals surface area contributed by atoms with Gasteiger partial charge in [-0.1, -0.05) is 0 Å². The van der Waals surface area contributed by atoms with Crippen molar-refractivity contribution in [1.82, 2.24) is 9.29 Å². The Kier molecular flexibility index (Phi) is 5.77. The molecule has 0 bridgehead atoms. The van der Waals surface area contributed by atoms with Gasteiger partial charge in [-0.3, -0.25) is 5.32 Å². The number of carbonyl (C=O) groups is 1. The summed E-state index contributed by atoms with van der Waals surface area (Å²) in [6.07, 6.45) is 1.00. The van der Waals surface area contributed by atoms with Crippen molar-refractivity contribution >= 4 is 21.8 Å². The molecule has 1 atom stereocenters. The van der Waals surface area contributed by atoms with Gasteiger partial charge in [0.15, 0.2) is 0 Å². The standard InChI is InChI=1S/C18H18N4O5S/c1-26-18(23)21-14-2-4-16(5-3-14)28(24,25)22-9-7-15(12-22)27-17-10-13(11-19)6-8-20-17/h2-6,8,10,15H,7,9,12H2,1H3,(H,21,23). The van der Waals surface area contributed by atoms with Crippen LogP contribution in [0.2, 0.25) is 0 Å². The first-order valence-corrected chi connectivity index (χ1v) is 9.84. The summed E-state index contributed by atoms with van der Waals surface area (Å²) in [5.41, 5.74) is 0.852. The van der Waals surface area contributed by atoms with E-state index in [-0.39, 0.29) is 17.5 Å². The number of hydrogen-bond donors (Lipinski definition) is 1. The highest BCUT2D eigenvalue weighted by Gasteiger charge is 2.33. The number of rotatable bonds is 5. The van der Waals surface area contributed by atoms with Gasteiger partial charge < -0.3 is 9.47 Å². The third-order valence-corrected chi connectivity index (χ3v) is 6.06. The highest BCUT2D eigenvalue weighted by molar-refractivity contribution is 7.89. The van der Waals surface area contributed by atoms with Crippen LogP contribution in [-0.2, 0) is 14.8 Å². The fourth-order valence-corrected chi connectivity index (χ4v) is 4.24. The lowest BCUT2D eigenvalue weighted by Crippen LogP contribution is -2.31. The molecule has 146 valence electrons. The number of nitriles is 1. The van der Waals surface area contributed by atoms with Gasteiger partial charge >= 0.3 is 6.09 Å². The monoisotopic (exact) mass is 402 g/mol. The molecule has 1 aromatic carbocycles. The molecule has 1 N–H and O–H groups in total. The maximum absolute atomic E-state index is 12.8. The first kappa shape index (κ1) is 19.6. The number of ether oxygens (including phenoxy) is 2. The van der Waals surface area contributed by atoms with Crippen LogP contribution in [0.25, 0.3) is 0 Å². The molecule has 2 heterocycles. The molecule has 1 aliphatic rings. The van der Waals surface area contributed by atoms with Crippen LogP contribution in [-0.4, -0.2) is 50.1 Å². The molecule has 2 aromatic rings. The van der Waals surface area contributed by atoms with Crippen LogP contribution in [0, 0.1) is 11.3 Å². The number of pyridine rings is 1. The van der Waals surface area contributed by atoms with Gasteiger partial charge in [-0.15, -0.1) is 0 Å². The number of aromatic nitrogens is 1. The first-order chi connectivity index (χ1) is 13.4. The van der Waals surface area contributed by atoms with Gasteiger partial charge in [0.25, 0.3) is 0 Å². The first-order valence-electron chi connectivity index (χ1n) is 8.40. The Morgan fingerprint density at radius 2 is 2.07 bits per heavy atom. The molecular weight excluding hydrogens is 384 g/mol. The van der Waals surface area contributed by atoms with Gasteiger partial charge in [0, 0.05) is 24.5 Å². The zero-order valence-electron chi connectivity index (χ0n) is 15.0. The Hall–Kier alpha value is -3.16. The second-order valence-corrected chi connectivity index (χ2v) is 7.97. The van der Waals surface area contributed by atoms with Gasteiger partial charge in [0.05, 0.1) is 30.2 Å². The van der Waals surface area contributed by atoms with Crippen LogP contribution in [0.1, 0.15) is 12.0 Å². The SMILES string of the molecule is COC(=O)Nc1ccc(S(=O)(=O)N2CCC(Oc3cc(C#N)ccn3)C2)cc1. The molecule has 0 aliphatic carbocycles. The molecule has 1 fully saturated rings. The van der Waals surface area contributed by atoms with Crippen molar-refractivity contribution in [2.75, 3.05) is 25.5 Å². The molecule has 1 amide bonds.